The fraction of sp³-hybridized carbons (Fsp3) is 0.200. The Morgan fingerprint density at radius 2 is 1.86 bits per heavy atom. The van der Waals surface area contributed by atoms with E-state index in [2.05, 4.69) is 9.97 Å². The van der Waals surface area contributed by atoms with E-state index in [0.29, 0.717) is 16.6 Å². The molecule has 112 valence electrons. The number of hydrogen-bond donors (Lipinski definition) is 0. The number of nitrogens with zero attached hydrogens (tertiary/aromatic N) is 3. The molecule has 0 radical (unpaired) electrons. The predicted octanol–water partition coefficient (Wildman–Crippen LogP) is 1.91. The first-order valence-corrected chi connectivity index (χ1v) is 7.51. The van der Waals surface area contributed by atoms with Gasteiger partial charge < -0.3 is 4.74 Å². The average Bonchev–Trinajstić information content (AvgIpc) is 2.82. The molecule has 1 saturated heterocycles. The fourth-order valence-electron chi connectivity index (χ4n) is 2.17. The molecule has 1 aromatic carbocycles. The van der Waals surface area contributed by atoms with Crippen LogP contribution >= 0.6 is 11.8 Å². The minimum absolute atomic E-state index is 0.147. The lowest BCUT2D eigenvalue weighted by Crippen LogP contribution is -2.31. The molecule has 6 nitrogen and oxygen atoms in total. The second-order valence-electron chi connectivity index (χ2n) is 4.61. The summed E-state index contributed by atoms with van der Waals surface area (Å²) in [5, 5.41) is 0.00207. The smallest absolute Gasteiger partial charge is 0.247 e. The van der Waals surface area contributed by atoms with Crippen molar-refractivity contribution in [2.75, 3.05) is 12.0 Å². The van der Waals surface area contributed by atoms with E-state index in [-0.39, 0.29) is 18.2 Å². The van der Waals surface area contributed by atoms with Gasteiger partial charge in [-0.3, -0.25) is 9.59 Å². The van der Waals surface area contributed by atoms with Crippen LogP contribution in [0.5, 0.6) is 5.75 Å². The number of aromatic nitrogens is 2. The molecule has 0 saturated carbocycles. The van der Waals surface area contributed by atoms with Gasteiger partial charge in [0.2, 0.25) is 11.8 Å². The summed E-state index contributed by atoms with van der Waals surface area (Å²) in [6.45, 7) is 0. The van der Waals surface area contributed by atoms with Crippen molar-refractivity contribution < 1.29 is 14.3 Å². The van der Waals surface area contributed by atoms with Crippen molar-refractivity contribution in [1.29, 1.82) is 0 Å². The third-order valence-electron chi connectivity index (χ3n) is 3.23. The molecule has 3 rings (SSSR count). The molecule has 2 amide bonds. The van der Waals surface area contributed by atoms with E-state index in [4.69, 9.17) is 4.74 Å². The average molecular weight is 315 g/mol. The Morgan fingerprint density at radius 1 is 1.18 bits per heavy atom. The van der Waals surface area contributed by atoms with Gasteiger partial charge in [-0.15, -0.1) is 0 Å². The van der Waals surface area contributed by atoms with Crippen LogP contribution < -0.4 is 9.64 Å². The molecule has 0 bridgehead atoms. The number of ether oxygens (including phenoxy) is 1. The SMILES string of the molecule is COc1ccc(N2C(=O)CC(Sc3ncccn3)C2=O)cc1. The maximum atomic E-state index is 12.5. The number of methoxy groups -OCH3 is 1. The highest BCUT2D eigenvalue weighted by Crippen LogP contribution is 2.32. The normalized spacial score (nSPS) is 17.9. The second kappa shape index (κ2) is 6.15. The van der Waals surface area contributed by atoms with Gasteiger partial charge in [-0.05, 0) is 30.3 Å². The minimum Gasteiger partial charge on any atom is -0.497 e. The van der Waals surface area contributed by atoms with Gasteiger partial charge in [0.1, 0.15) is 11.0 Å². The number of carbonyl (C=O) groups is 2. The number of carbonyl (C=O) groups excluding carboxylic acids is 2. The van der Waals surface area contributed by atoms with Crippen molar-refractivity contribution in [3.05, 3.63) is 42.7 Å². The molecule has 0 N–H and O–H groups in total. The summed E-state index contributed by atoms with van der Waals surface area (Å²) in [6, 6.07) is 8.53. The molecule has 2 aromatic rings. The summed E-state index contributed by atoms with van der Waals surface area (Å²) in [5.41, 5.74) is 0.549. The number of rotatable bonds is 4. The topological polar surface area (TPSA) is 72.4 Å². The van der Waals surface area contributed by atoms with Gasteiger partial charge in [-0.2, -0.15) is 0 Å². The van der Waals surface area contributed by atoms with Gasteiger partial charge in [0.25, 0.3) is 0 Å². The molecule has 1 aromatic heterocycles. The Kier molecular flexibility index (Phi) is 4.06. The molecule has 2 heterocycles. The zero-order valence-electron chi connectivity index (χ0n) is 11.8. The van der Waals surface area contributed by atoms with E-state index < -0.39 is 5.25 Å². The summed E-state index contributed by atoms with van der Waals surface area (Å²) in [7, 11) is 1.56. The molecule has 0 spiro atoms. The van der Waals surface area contributed by atoms with Crippen LogP contribution in [0.15, 0.2) is 47.9 Å². The lowest BCUT2D eigenvalue weighted by Gasteiger charge is -2.15. The van der Waals surface area contributed by atoms with Crippen molar-refractivity contribution in [3.63, 3.8) is 0 Å². The van der Waals surface area contributed by atoms with E-state index in [9.17, 15) is 9.59 Å². The van der Waals surface area contributed by atoms with E-state index >= 15 is 0 Å². The summed E-state index contributed by atoms with van der Waals surface area (Å²) in [5.74, 6) is 0.211. The fourth-order valence-corrected chi connectivity index (χ4v) is 3.10. The maximum Gasteiger partial charge on any atom is 0.247 e. The van der Waals surface area contributed by atoms with Crippen LogP contribution in [0.2, 0.25) is 0 Å². The van der Waals surface area contributed by atoms with Crippen LogP contribution in [-0.4, -0.2) is 34.1 Å². The first-order valence-electron chi connectivity index (χ1n) is 6.63. The quantitative estimate of drug-likeness (QED) is 0.634. The lowest BCUT2D eigenvalue weighted by molar-refractivity contribution is -0.121. The highest BCUT2D eigenvalue weighted by molar-refractivity contribution is 8.00. The molecule has 1 aliphatic rings. The van der Waals surface area contributed by atoms with Gasteiger partial charge in [0, 0.05) is 18.8 Å². The molecule has 22 heavy (non-hydrogen) atoms. The zero-order chi connectivity index (χ0) is 15.5. The Labute approximate surface area is 131 Å². The standard InChI is InChI=1S/C15H13N3O3S/c1-21-11-5-3-10(4-6-11)18-13(19)9-12(14(18)20)22-15-16-7-2-8-17-15/h2-8,12H,9H2,1H3. The number of hydrogen-bond acceptors (Lipinski definition) is 6. The third kappa shape index (κ3) is 2.80. The second-order valence-corrected chi connectivity index (χ2v) is 5.78. The zero-order valence-corrected chi connectivity index (χ0v) is 12.6. The van der Waals surface area contributed by atoms with Crippen molar-refractivity contribution >= 4 is 29.3 Å². The predicted molar refractivity (Wildman–Crippen MR) is 81.8 cm³/mol. The Bertz CT molecular complexity index is 691. The van der Waals surface area contributed by atoms with Crippen LogP contribution in [-0.2, 0) is 9.59 Å². The van der Waals surface area contributed by atoms with Crippen LogP contribution in [0.1, 0.15) is 6.42 Å². The van der Waals surface area contributed by atoms with Gasteiger partial charge in [0.05, 0.1) is 12.8 Å². The van der Waals surface area contributed by atoms with Gasteiger partial charge in [-0.25, -0.2) is 14.9 Å². The third-order valence-corrected chi connectivity index (χ3v) is 4.30. The van der Waals surface area contributed by atoms with Gasteiger partial charge in [-0.1, -0.05) is 11.8 Å². The number of imide groups is 1. The number of anilines is 1. The molecular formula is C15H13N3O3S. The molecule has 1 unspecified atom stereocenters. The van der Waals surface area contributed by atoms with Crippen molar-refractivity contribution in [3.8, 4) is 5.75 Å². The number of thioether (sulfide) groups is 1. The van der Waals surface area contributed by atoms with E-state index in [1.807, 2.05) is 0 Å². The molecule has 1 fully saturated rings. The Morgan fingerprint density at radius 3 is 2.50 bits per heavy atom. The van der Waals surface area contributed by atoms with Crippen molar-refractivity contribution in [2.24, 2.45) is 0 Å². The molecule has 1 aliphatic heterocycles. The van der Waals surface area contributed by atoms with Crippen molar-refractivity contribution in [1.82, 2.24) is 9.97 Å². The van der Waals surface area contributed by atoms with E-state index in [0.717, 1.165) is 0 Å². The summed E-state index contributed by atoms with van der Waals surface area (Å²) < 4.78 is 5.08. The van der Waals surface area contributed by atoms with Crippen LogP contribution in [0.3, 0.4) is 0 Å². The monoisotopic (exact) mass is 315 g/mol. The Hall–Kier alpha value is -2.41. The summed E-state index contributed by atoms with van der Waals surface area (Å²) in [4.78, 5) is 34.0. The Balaban J connectivity index is 1.79. The van der Waals surface area contributed by atoms with Gasteiger partial charge in [0.15, 0.2) is 5.16 Å². The number of benzene rings is 1. The van der Waals surface area contributed by atoms with E-state index in [1.165, 1.54) is 16.7 Å². The van der Waals surface area contributed by atoms with Crippen LogP contribution in [0.4, 0.5) is 5.69 Å². The largest absolute Gasteiger partial charge is 0.497 e. The van der Waals surface area contributed by atoms with Gasteiger partial charge >= 0.3 is 0 Å². The first kappa shape index (κ1) is 14.5. The molecule has 1 atom stereocenters. The highest BCUT2D eigenvalue weighted by Gasteiger charge is 2.40. The maximum absolute atomic E-state index is 12.5. The van der Waals surface area contributed by atoms with Crippen molar-refractivity contribution in [2.45, 2.75) is 16.8 Å². The highest BCUT2D eigenvalue weighted by atomic mass is 32.2. The minimum atomic E-state index is -0.489. The summed E-state index contributed by atoms with van der Waals surface area (Å²) in [6.07, 6.45) is 3.36. The molecule has 7 heteroatoms. The summed E-state index contributed by atoms with van der Waals surface area (Å²) >= 11 is 1.21. The van der Waals surface area contributed by atoms with Crippen LogP contribution in [0, 0.1) is 0 Å². The van der Waals surface area contributed by atoms with E-state index in [1.54, 1.807) is 49.8 Å². The molecular weight excluding hydrogens is 302 g/mol. The molecule has 0 aliphatic carbocycles. The van der Waals surface area contributed by atoms with Crippen LogP contribution in [0.25, 0.3) is 0 Å². The first-order chi connectivity index (χ1) is 10.7. The number of amides is 2. The lowest BCUT2D eigenvalue weighted by atomic mass is 10.3.